The number of nitrogens with one attached hydrogen (secondary N) is 1. The molecule has 0 radical (unpaired) electrons. The summed E-state index contributed by atoms with van der Waals surface area (Å²) in [5.74, 6) is -2.32. The predicted molar refractivity (Wildman–Crippen MR) is 68.5 cm³/mol. The number of hydrogen-bond acceptors (Lipinski definition) is 5. The smallest absolute Gasteiger partial charge is 0.333 e. The predicted octanol–water partition coefficient (Wildman–Crippen LogP) is -1.18. The first-order chi connectivity index (χ1) is 9.15. The lowest BCUT2D eigenvalue weighted by molar-refractivity contribution is -0.146. The number of benzene rings is 1. The van der Waals surface area contributed by atoms with Crippen LogP contribution in [0.25, 0.3) is 0 Å². The topological polar surface area (TPSA) is 147 Å². The molecule has 0 spiro atoms. The summed E-state index contributed by atoms with van der Waals surface area (Å²) < 4.78 is 25.7. The van der Waals surface area contributed by atoms with E-state index in [2.05, 4.69) is 0 Å². The van der Waals surface area contributed by atoms with Crippen molar-refractivity contribution in [2.75, 3.05) is 6.54 Å². The van der Waals surface area contributed by atoms with Crippen LogP contribution in [0.4, 0.5) is 0 Å². The van der Waals surface area contributed by atoms with Gasteiger partial charge in [0.2, 0.25) is 15.9 Å². The van der Waals surface area contributed by atoms with Crippen LogP contribution in [0.1, 0.15) is 15.9 Å². The molecule has 0 aliphatic rings. The zero-order chi connectivity index (χ0) is 15.5. The number of carbonyl (C=O) groups excluding carboxylic acids is 1. The quantitative estimate of drug-likeness (QED) is 0.520. The van der Waals surface area contributed by atoms with Gasteiger partial charge in [-0.1, -0.05) is 6.07 Å². The highest BCUT2D eigenvalue weighted by atomic mass is 32.2. The van der Waals surface area contributed by atoms with Crippen molar-refractivity contribution in [1.82, 2.24) is 4.72 Å². The summed E-state index contributed by atoms with van der Waals surface area (Å²) in [5.41, 5.74) is 5.68. The van der Waals surface area contributed by atoms with Crippen molar-refractivity contribution in [1.29, 1.82) is 0 Å². The second-order valence-electron chi connectivity index (χ2n) is 4.05. The van der Waals surface area contributed by atoms with Crippen LogP contribution in [0.2, 0.25) is 0 Å². The minimum Gasteiger partial charge on any atom is -0.479 e. The number of carbonyl (C=O) groups is 2. The van der Waals surface area contributed by atoms with E-state index in [0.29, 0.717) is 5.56 Å². The van der Waals surface area contributed by atoms with E-state index < -0.39 is 34.5 Å². The molecule has 0 heterocycles. The van der Waals surface area contributed by atoms with Crippen molar-refractivity contribution in [3.63, 3.8) is 0 Å². The number of aliphatic hydroxyl groups is 1. The van der Waals surface area contributed by atoms with Gasteiger partial charge in [0.25, 0.3) is 0 Å². The number of primary amides is 1. The molecule has 0 aliphatic carbocycles. The molecule has 0 aromatic heterocycles. The van der Waals surface area contributed by atoms with Gasteiger partial charge in [-0.05, 0) is 24.6 Å². The standard InChI is InChI=1S/C11H14N2O6S/c1-6-2-3-7(4-8(6)10(12)15)20(18,19)13-5-9(14)11(16)17/h2-4,9,13-14H,5H2,1H3,(H2,12,15)(H,16,17)/t9-/m0/s1. The van der Waals surface area contributed by atoms with Crippen molar-refractivity contribution in [2.45, 2.75) is 17.9 Å². The maximum Gasteiger partial charge on any atom is 0.333 e. The Morgan fingerprint density at radius 1 is 1.40 bits per heavy atom. The first kappa shape index (κ1) is 16.1. The summed E-state index contributed by atoms with van der Waals surface area (Å²) in [6.07, 6.45) is -1.86. The molecule has 0 unspecified atom stereocenters. The minimum atomic E-state index is -4.04. The van der Waals surface area contributed by atoms with Crippen LogP contribution in [0, 0.1) is 6.92 Å². The van der Waals surface area contributed by atoms with E-state index in [9.17, 15) is 18.0 Å². The van der Waals surface area contributed by atoms with Crippen LogP contribution in [0.3, 0.4) is 0 Å². The maximum atomic E-state index is 11.9. The van der Waals surface area contributed by atoms with Crippen LogP contribution < -0.4 is 10.5 Å². The summed E-state index contributed by atoms with van der Waals surface area (Å²) in [6, 6.07) is 3.74. The molecule has 1 aromatic carbocycles. The van der Waals surface area contributed by atoms with Gasteiger partial charge in [-0.25, -0.2) is 17.9 Å². The van der Waals surface area contributed by atoms with Gasteiger partial charge in [0.15, 0.2) is 6.10 Å². The highest BCUT2D eigenvalue weighted by molar-refractivity contribution is 7.89. The number of carboxylic acids is 1. The minimum absolute atomic E-state index is 0.0478. The van der Waals surface area contributed by atoms with Gasteiger partial charge in [-0.15, -0.1) is 0 Å². The molecule has 1 atom stereocenters. The van der Waals surface area contributed by atoms with Crippen molar-refractivity contribution >= 4 is 21.9 Å². The van der Waals surface area contributed by atoms with Crippen molar-refractivity contribution in [2.24, 2.45) is 5.73 Å². The highest BCUT2D eigenvalue weighted by Gasteiger charge is 2.20. The summed E-state index contributed by atoms with van der Waals surface area (Å²) in [5, 5.41) is 17.5. The molecule has 1 rings (SSSR count). The molecule has 0 aliphatic heterocycles. The molecule has 0 saturated heterocycles. The van der Waals surface area contributed by atoms with Crippen LogP contribution in [0.15, 0.2) is 23.1 Å². The molecule has 1 aromatic rings. The Labute approximate surface area is 115 Å². The lowest BCUT2D eigenvalue weighted by atomic mass is 10.1. The lowest BCUT2D eigenvalue weighted by Gasteiger charge is -2.10. The lowest BCUT2D eigenvalue weighted by Crippen LogP contribution is -2.36. The van der Waals surface area contributed by atoms with Gasteiger partial charge in [0.05, 0.1) is 4.90 Å². The Kier molecular flexibility index (Phi) is 4.82. The highest BCUT2D eigenvalue weighted by Crippen LogP contribution is 2.15. The Morgan fingerprint density at radius 3 is 2.50 bits per heavy atom. The van der Waals surface area contributed by atoms with E-state index in [-0.39, 0.29) is 10.5 Å². The largest absolute Gasteiger partial charge is 0.479 e. The third kappa shape index (κ3) is 3.76. The van der Waals surface area contributed by atoms with Crippen LogP contribution >= 0.6 is 0 Å². The van der Waals surface area contributed by atoms with Crippen LogP contribution in [-0.2, 0) is 14.8 Å². The third-order valence-electron chi connectivity index (χ3n) is 2.54. The number of amides is 1. The molecular weight excluding hydrogens is 288 g/mol. The van der Waals surface area contributed by atoms with Crippen molar-refractivity contribution < 1.29 is 28.2 Å². The Balaban J connectivity index is 3.01. The molecule has 9 heteroatoms. The van der Waals surface area contributed by atoms with Gasteiger partial charge in [0, 0.05) is 12.1 Å². The number of nitrogens with two attached hydrogens (primary N) is 1. The molecule has 1 amide bonds. The number of hydrogen-bond donors (Lipinski definition) is 4. The number of carboxylic acid groups (broad SMARTS) is 1. The summed E-state index contributed by atoms with van der Waals surface area (Å²) >= 11 is 0. The Morgan fingerprint density at radius 2 is 2.00 bits per heavy atom. The molecule has 0 fully saturated rings. The normalized spacial score (nSPS) is 12.9. The first-order valence-electron chi connectivity index (χ1n) is 5.46. The summed E-state index contributed by atoms with van der Waals surface area (Å²) in [4.78, 5) is 21.3. The number of sulfonamides is 1. The Hall–Kier alpha value is -1.97. The molecule has 8 nitrogen and oxygen atoms in total. The van der Waals surface area contributed by atoms with E-state index in [4.69, 9.17) is 15.9 Å². The second kappa shape index (κ2) is 5.99. The molecular formula is C11H14N2O6S. The maximum absolute atomic E-state index is 11.9. The van der Waals surface area contributed by atoms with E-state index >= 15 is 0 Å². The zero-order valence-corrected chi connectivity index (χ0v) is 11.3. The molecule has 0 bridgehead atoms. The number of aryl methyl sites for hydroxylation is 1. The number of aliphatic hydroxyl groups excluding tert-OH is 1. The first-order valence-corrected chi connectivity index (χ1v) is 6.94. The van der Waals surface area contributed by atoms with Gasteiger partial charge < -0.3 is 15.9 Å². The van der Waals surface area contributed by atoms with Crippen molar-refractivity contribution in [3.8, 4) is 0 Å². The molecule has 20 heavy (non-hydrogen) atoms. The van der Waals surface area contributed by atoms with E-state index in [1.54, 1.807) is 6.92 Å². The van der Waals surface area contributed by atoms with Crippen LogP contribution in [0.5, 0.6) is 0 Å². The zero-order valence-electron chi connectivity index (χ0n) is 10.5. The van der Waals surface area contributed by atoms with Gasteiger partial charge in [-0.3, -0.25) is 4.79 Å². The average molecular weight is 302 g/mol. The fourth-order valence-electron chi connectivity index (χ4n) is 1.39. The van der Waals surface area contributed by atoms with E-state index in [0.717, 1.165) is 6.07 Å². The van der Waals surface area contributed by atoms with Crippen LogP contribution in [-0.4, -0.2) is 43.2 Å². The fraction of sp³-hybridized carbons (Fsp3) is 0.273. The molecule has 110 valence electrons. The van der Waals surface area contributed by atoms with E-state index in [1.807, 2.05) is 4.72 Å². The molecule has 5 N–H and O–H groups in total. The fourth-order valence-corrected chi connectivity index (χ4v) is 2.46. The Bertz CT molecular complexity index is 640. The van der Waals surface area contributed by atoms with E-state index in [1.165, 1.54) is 12.1 Å². The third-order valence-corrected chi connectivity index (χ3v) is 3.96. The number of aliphatic carboxylic acids is 1. The monoisotopic (exact) mass is 302 g/mol. The van der Waals surface area contributed by atoms with Gasteiger partial charge in [0.1, 0.15) is 0 Å². The second-order valence-corrected chi connectivity index (χ2v) is 5.81. The number of rotatable bonds is 6. The van der Waals surface area contributed by atoms with Crippen molar-refractivity contribution in [3.05, 3.63) is 29.3 Å². The summed E-state index contributed by atoms with van der Waals surface area (Å²) in [7, 11) is -4.04. The molecule has 0 saturated carbocycles. The van der Waals surface area contributed by atoms with Gasteiger partial charge >= 0.3 is 5.97 Å². The average Bonchev–Trinajstić information content (AvgIpc) is 2.35. The SMILES string of the molecule is Cc1ccc(S(=O)(=O)NC[C@H](O)C(=O)O)cc1C(N)=O. The summed E-state index contributed by atoms with van der Waals surface area (Å²) in [6.45, 7) is 0.912. The van der Waals surface area contributed by atoms with Gasteiger partial charge in [-0.2, -0.15) is 0 Å².